The highest BCUT2D eigenvalue weighted by Crippen LogP contribution is 2.21. The van der Waals surface area contributed by atoms with Gasteiger partial charge in [-0.15, -0.1) is 0 Å². The van der Waals surface area contributed by atoms with Crippen LogP contribution in [-0.4, -0.2) is 29.1 Å². The van der Waals surface area contributed by atoms with Crippen LogP contribution in [-0.2, 0) is 0 Å². The summed E-state index contributed by atoms with van der Waals surface area (Å²) >= 11 is 0. The molecule has 1 atom stereocenters. The summed E-state index contributed by atoms with van der Waals surface area (Å²) in [5, 5.41) is 11.5. The van der Waals surface area contributed by atoms with Gasteiger partial charge < -0.3 is 15.2 Å². The van der Waals surface area contributed by atoms with E-state index in [4.69, 9.17) is 9.84 Å². The SMILES string of the molecule is COc1ccc(C(C)NC(=O)c2cccc(C(=O)O)n2)cc1F. The normalized spacial score (nSPS) is 11.6. The van der Waals surface area contributed by atoms with E-state index < -0.39 is 23.7 Å². The van der Waals surface area contributed by atoms with Crippen LogP contribution in [0.2, 0.25) is 0 Å². The smallest absolute Gasteiger partial charge is 0.354 e. The maximum Gasteiger partial charge on any atom is 0.354 e. The summed E-state index contributed by atoms with van der Waals surface area (Å²) in [7, 11) is 1.37. The van der Waals surface area contributed by atoms with Crippen molar-refractivity contribution in [2.45, 2.75) is 13.0 Å². The Morgan fingerprint density at radius 1 is 1.26 bits per heavy atom. The van der Waals surface area contributed by atoms with Crippen molar-refractivity contribution in [3.05, 3.63) is 59.2 Å². The van der Waals surface area contributed by atoms with Crippen molar-refractivity contribution in [2.75, 3.05) is 7.11 Å². The number of benzene rings is 1. The number of hydrogen-bond acceptors (Lipinski definition) is 4. The van der Waals surface area contributed by atoms with Crippen LogP contribution in [0.1, 0.15) is 39.5 Å². The van der Waals surface area contributed by atoms with Gasteiger partial charge in [0.05, 0.1) is 13.2 Å². The number of carbonyl (C=O) groups excluding carboxylic acids is 1. The minimum atomic E-state index is -1.22. The molecule has 6 nitrogen and oxygen atoms in total. The van der Waals surface area contributed by atoms with E-state index >= 15 is 0 Å². The third-order valence-electron chi connectivity index (χ3n) is 3.22. The summed E-state index contributed by atoms with van der Waals surface area (Å²) in [5.74, 6) is -2.18. The molecular weight excluding hydrogens is 303 g/mol. The van der Waals surface area contributed by atoms with E-state index in [1.165, 1.54) is 37.4 Å². The second-order valence-electron chi connectivity index (χ2n) is 4.80. The van der Waals surface area contributed by atoms with Crippen LogP contribution in [0.15, 0.2) is 36.4 Å². The van der Waals surface area contributed by atoms with Crippen molar-refractivity contribution in [3.63, 3.8) is 0 Å². The number of rotatable bonds is 5. The Morgan fingerprint density at radius 3 is 2.57 bits per heavy atom. The Balaban J connectivity index is 2.15. The molecular formula is C16H15FN2O4. The van der Waals surface area contributed by atoms with Crippen LogP contribution >= 0.6 is 0 Å². The molecule has 0 aliphatic rings. The van der Waals surface area contributed by atoms with Gasteiger partial charge in [-0.3, -0.25) is 4.79 Å². The highest BCUT2D eigenvalue weighted by Gasteiger charge is 2.16. The zero-order valence-corrected chi connectivity index (χ0v) is 12.5. The van der Waals surface area contributed by atoms with Crippen molar-refractivity contribution in [2.24, 2.45) is 0 Å². The number of carbonyl (C=O) groups is 2. The first-order valence-electron chi connectivity index (χ1n) is 6.77. The summed E-state index contributed by atoms with van der Waals surface area (Å²) in [4.78, 5) is 26.8. The second-order valence-corrected chi connectivity index (χ2v) is 4.80. The lowest BCUT2D eigenvalue weighted by molar-refractivity contribution is 0.0690. The molecule has 1 unspecified atom stereocenters. The highest BCUT2D eigenvalue weighted by molar-refractivity contribution is 5.94. The van der Waals surface area contributed by atoms with Crippen LogP contribution in [0, 0.1) is 5.82 Å². The van der Waals surface area contributed by atoms with E-state index in [1.54, 1.807) is 13.0 Å². The average molecular weight is 318 g/mol. The fraction of sp³-hybridized carbons (Fsp3) is 0.188. The van der Waals surface area contributed by atoms with E-state index in [0.717, 1.165) is 0 Å². The van der Waals surface area contributed by atoms with E-state index in [2.05, 4.69) is 10.3 Å². The van der Waals surface area contributed by atoms with Gasteiger partial charge in [0, 0.05) is 0 Å². The Kier molecular flexibility index (Phi) is 4.90. The number of amides is 1. The van der Waals surface area contributed by atoms with Gasteiger partial charge in [-0.05, 0) is 36.8 Å². The van der Waals surface area contributed by atoms with Crippen LogP contribution in [0.4, 0.5) is 4.39 Å². The third kappa shape index (κ3) is 3.82. The minimum absolute atomic E-state index is 0.0225. The molecule has 2 rings (SSSR count). The van der Waals surface area contributed by atoms with Gasteiger partial charge in [-0.1, -0.05) is 12.1 Å². The van der Waals surface area contributed by atoms with Crippen LogP contribution in [0.5, 0.6) is 5.75 Å². The largest absolute Gasteiger partial charge is 0.494 e. The maximum atomic E-state index is 13.7. The van der Waals surface area contributed by atoms with Crippen LogP contribution < -0.4 is 10.1 Å². The molecule has 0 spiro atoms. The summed E-state index contributed by atoms with van der Waals surface area (Å²) in [6.07, 6.45) is 0. The monoisotopic (exact) mass is 318 g/mol. The lowest BCUT2D eigenvalue weighted by atomic mass is 10.1. The Hall–Kier alpha value is -2.96. The highest BCUT2D eigenvalue weighted by atomic mass is 19.1. The molecule has 0 aliphatic carbocycles. The number of aromatic nitrogens is 1. The number of halogens is 1. The molecule has 0 aliphatic heterocycles. The number of pyridine rings is 1. The lowest BCUT2D eigenvalue weighted by Gasteiger charge is -2.15. The van der Waals surface area contributed by atoms with Gasteiger partial charge in [0.1, 0.15) is 11.4 Å². The van der Waals surface area contributed by atoms with Gasteiger partial charge in [0.15, 0.2) is 11.6 Å². The van der Waals surface area contributed by atoms with Gasteiger partial charge in [-0.25, -0.2) is 14.2 Å². The number of nitrogens with zero attached hydrogens (tertiary/aromatic N) is 1. The summed E-state index contributed by atoms with van der Waals surface area (Å²) in [5.41, 5.74) is 0.303. The average Bonchev–Trinajstić information content (AvgIpc) is 2.54. The predicted molar refractivity (Wildman–Crippen MR) is 80.0 cm³/mol. The number of methoxy groups -OCH3 is 1. The quantitative estimate of drug-likeness (QED) is 0.884. The Labute approximate surface area is 131 Å². The number of carboxylic acid groups (broad SMARTS) is 1. The first-order chi connectivity index (χ1) is 10.9. The molecule has 0 bridgehead atoms. The second kappa shape index (κ2) is 6.87. The fourth-order valence-corrected chi connectivity index (χ4v) is 1.99. The van der Waals surface area contributed by atoms with E-state index in [0.29, 0.717) is 5.56 Å². The standard InChI is InChI=1S/C16H15FN2O4/c1-9(10-6-7-14(23-2)11(17)8-10)18-15(20)12-4-3-5-13(19-12)16(21)22/h3-9H,1-2H3,(H,18,20)(H,21,22). The lowest BCUT2D eigenvalue weighted by Crippen LogP contribution is -2.28. The van der Waals surface area contributed by atoms with E-state index in [-0.39, 0.29) is 17.1 Å². The van der Waals surface area contributed by atoms with Gasteiger partial charge in [0.25, 0.3) is 5.91 Å². The zero-order chi connectivity index (χ0) is 17.0. The number of carboxylic acids is 1. The predicted octanol–water partition coefficient (Wildman–Crippen LogP) is 2.42. The van der Waals surface area contributed by atoms with Crippen LogP contribution in [0.3, 0.4) is 0 Å². The third-order valence-corrected chi connectivity index (χ3v) is 3.22. The number of ether oxygens (including phenoxy) is 1. The molecule has 0 fully saturated rings. The minimum Gasteiger partial charge on any atom is -0.494 e. The summed E-state index contributed by atoms with van der Waals surface area (Å²) in [6.45, 7) is 1.68. The first-order valence-corrected chi connectivity index (χ1v) is 6.77. The van der Waals surface area contributed by atoms with Crippen molar-refractivity contribution >= 4 is 11.9 Å². The molecule has 2 aromatic rings. The number of aromatic carboxylic acids is 1. The molecule has 2 N–H and O–H groups in total. The Morgan fingerprint density at radius 2 is 1.96 bits per heavy atom. The molecule has 1 aromatic carbocycles. The zero-order valence-electron chi connectivity index (χ0n) is 12.5. The maximum absolute atomic E-state index is 13.7. The molecule has 0 saturated heterocycles. The topological polar surface area (TPSA) is 88.5 Å². The summed E-state index contributed by atoms with van der Waals surface area (Å²) < 4.78 is 18.5. The van der Waals surface area contributed by atoms with Gasteiger partial charge >= 0.3 is 5.97 Å². The molecule has 120 valence electrons. The Bertz CT molecular complexity index is 749. The van der Waals surface area contributed by atoms with Gasteiger partial charge in [0.2, 0.25) is 0 Å². The van der Waals surface area contributed by atoms with Crippen molar-refractivity contribution in [1.29, 1.82) is 0 Å². The van der Waals surface area contributed by atoms with Gasteiger partial charge in [-0.2, -0.15) is 0 Å². The summed E-state index contributed by atoms with van der Waals surface area (Å²) in [6, 6.07) is 8.02. The molecule has 0 radical (unpaired) electrons. The first kappa shape index (κ1) is 16.4. The molecule has 1 amide bonds. The van der Waals surface area contributed by atoms with Crippen LogP contribution in [0.25, 0.3) is 0 Å². The van der Waals surface area contributed by atoms with E-state index in [9.17, 15) is 14.0 Å². The van der Waals surface area contributed by atoms with E-state index in [1.807, 2.05) is 0 Å². The number of hydrogen-bond donors (Lipinski definition) is 2. The molecule has 23 heavy (non-hydrogen) atoms. The van der Waals surface area contributed by atoms with Crippen molar-refractivity contribution in [3.8, 4) is 5.75 Å². The van der Waals surface area contributed by atoms with Crippen molar-refractivity contribution in [1.82, 2.24) is 10.3 Å². The molecule has 1 aromatic heterocycles. The fourth-order valence-electron chi connectivity index (χ4n) is 1.99. The van der Waals surface area contributed by atoms with Crippen molar-refractivity contribution < 1.29 is 23.8 Å². The number of nitrogens with one attached hydrogen (secondary N) is 1. The molecule has 1 heterocycles. The molecule has 0 saturated carbocycles. The molecule has 7 heteroatoms.